The van der Waals surface area contributed by atoms with Crippen LogP contribution in [0.3, 0.4) is 0 Å². The molecule has 0 bridgehead atoms. The molecule has 1 aromatic heterocycles. The van der Waals surface area contributed by atoms with Crippen molar-refractivity contribution in [3.05, 3.63) is 29.0 Å². The van der Waals surface area contributed by atoms with Crippen molar-refractivity contribution in [3.63, 3.8) is 0 Å². The van der Waals surface area contributed by atoms with Gasteiger partial charge >= 0.3 is 0 Å². The Morgan fingerprint density at radius 3 is 3.00 bits per heavy atom. The first-order chi connectivity index (χ1) is 8.70. The first kappa shape index (κ1) is 12.4. The van der Waals surface area contributed by atoms with Crippen molar-refractivity contribution in [2.24, 2.45) is 5.92 Å². The van der Waals surface area contributed by atoms with E-state index in [-0.39, 0.29) is 11.5 Å². The monoisotopic (exact) mass is 267 g/mol. The highest BCUT2D eigenvalue weighted by molar-refractivity contribution is 6.31. The van der Waals surface area contributed by atoms with Gasteiger partial charge in [-0.2, -0.15) is 0 Å². The van der Waals surface area contributed by atoms with E-state index in [1.54, 1.807) is 18.3 Å². The van der Waals surface area contributed by atoms with E-state index in [4.69, 9.17) is 16.3 Å². The summed E-state index contributed by atoms with van der Waals surface area (Å²) in [5, 5.41) is 11.0. The molecule has 3 rings (SSSR count). The van der Waals surface area contributed by atoms with Gasteiger partial charge in [0.25, 0.3) is 0 Å². The van der Waals surface area contributed by atoms with E-state index in [1.807, 2.05) is 0 Å². The molecule has 0 amide bonds. The van der Waals surface area contributed by atoms with Gasteiger partial charge in [-0.15, -0.1) is 0 Å². The summed E-state index contributed by atoms with van der Waals surface area (Å²) >= 11 is 6.10. The summed E-state index contributed by atoms with van der Waals surface area (Å²) in [6, 6.07) is 3.57. The van der Waals surface area contributed by atoms with Crippen molar-refractivity contribution < 1.29 is 9.84 Å². The molecule has 2 atom stereocenters. The zero-order valence-corrected chi connectivity index (χ0v) is 11.1. The predicted octanol–water partition coefficient (Wildman–Crippen LogP) is 3.12. The number of halogens is 1. The third kappa shape index (κ3) is 2.15. The minimum absolute atomic E-state index is 0.0468. The molecule has 2 fully saturated rings. The maximum atomic E-state index is 10.5. The molecular weight excluding hydrogens is 250 g/mol. The van der Waals surface area contributed by atoms with Gasteiger partial charge in [-0.25, -0.2) is 0 Å². The van der Waals surface area contributed by atoms with Gasteiger partial charge in [0.15, 0.2) is 0 Å². The fourth-order valence-corrected chi connectivity index (χ4v) is 3.33. The zero-order valence-electron chi connectivity index (χ0n) is 10.3. The number of aliphatic hydroxyl groups excluding tert-OH is 1. The molecule has 2 heterocycles. The van der Waals surface area contributed by atoms with Crippen molar-refractivity contribution in [2.45, 2.75) is 43.8 Å². The molecule has 3 nitrogen and oxygen atoms in total. The van der Waals surface area contributed by atoms with Gasteiger partial charge < -0.3 is 9.84 Å². The third-order valence-corrected chi connectivity index (χ3v) is 4.63. The number of aliphatic hydroxyl groups is 1. The number of hydrogen-bond donors (Lipinski definition) is 1. The van der Waals surface area contributed by atoms with E-state index in [0.717, 1.165) is 32.3 Å². The minimum atomic E-state index is -0.569. The van der Waals surface area contributed by atoms with Gasteiger partial charge in [-0.05, 0) is 50.2 Å². The van der Waals surface area contributed by atoms with Crippen LogP contribution in [0.1, 0.15) is 43.9 Å². The van der Waals surface area contributed by atoms with Crippen LogP contribution in [-0.2, 0) is 4.74 Å². The Morgan fingerprint density at radius 1 is 1.50 bits per heavy atom. The summed E-state index contributed by atoms with van der Waals surface area (Å²) in [5.41, 5.74) is 0.658. The summed E-state index contributed by atoms with van der Waals surface area (Å²) in [6.07, 6.45) is 6.44. The van der Waals surface area contributed by atoms with Gasteiger partial charge in [-0.3, -0.25) is 4.98 Å². The van der Waals surface area contributed by atoms with E-state index in [0.29, 0.717) is 10.7 Å². The Bertz CT molecular complexity index is 434. The van der Waals surface area contributed by atoms with Crippen molar-refractivity contribution in [3.8, 4) is 0 Å². The van der Waals surface area contributed by atoms with Gasteiger partial charge in [0, 0.05) is 12.8 Å². The Balaban J connectivity index is 1.76. The molecule has 0 radical (unpaired) electrons. The summed E-state index contributed by atoms with van der Waals surface area (Å²) < 4.78 is 5.88. The van der Waals surface area contributed by atoms with Crippen LogP contribution >= 0.6 is 11.6 Å². The molecule has 2 aliphatic rings. The number of aromatic nitrogens is 1. The van der Waals surface area contributed by atoms with Crippen LogP contribution in [0, 0.1) is 5.92 Å². The van der Waals surface area contributed by atoms with Gasteiger partial charge in [0.2, 0.25) is 0 Å². The van der Waals surface area contributed by atoms with Crippen molar-refractivity contribution >= 4 is 11.6 Å². The zero-order chi connectivity index (χ0) is 12.6. The van der Waals surface area contributed by atoms with Gasteiger partial charge in [0.1, 0.15) is 6.10 Å². The van der Waals surface area contributed by atoms with Crippen LogP contribution in [0.15, 0.2) is 18.3 Å². The molecule has 1 saturated carbocycles. The topological polar surface area (TPSA) is 42.4 Å². The molecule has 1 aromatic rings. The smallest absolute Gasteiger partial charge is 0.100 e. The van der Waals surface area contributed by atoms with E-state index in [2.05, 4.69) is 4.98 Å². The van der Waals surface area contributed by atoms with E-state index < -0.39 is 6.10 Å². The number of nitrogens with zero attached hydrogens (tertiary/aromatic N) is 1. The predicted molar refractivity (Wildman–Crippen MR) is 69.5 cm³/mol. The fourth-order valence-electron chi connectivity index (χ4n) is 3.09. The maximum absolute atomic E-state index is 10.5. The van der Waals surface area contributed by atoms with Crippen LogP contribution in [0.5, 0.6) is 0 Å². The third-order valence-electron chi connectivity index (χ3n) is 4.31. The Labute approximate surface area is 112 Å². The average Bonchev–Trinajstić information content (AvgIpc) is 2.37. The standard InChI is InChI=1S/C14H18ClNO2/c15-11-3-1-7-16-12(11)13(17)10-4-8-18-14(9-10)5-2-6-14/h1,3,7,10,13,17H,2,4-6,8-9H2. The Morgan fingerprint density at radius 2 is 2.33 bits per heavy atom. The summed E-state index contributed by atoms with van der Waals surface area (Å²) in [5.74, 6) is 0.214. The highest BCUT2D eigenvalue weighted by Gasteiger charge is 2.44. The lowest BCUT2D eigenvalue weighted by atomic mass is 9.70. The van der Waals surface area contributed by atoms with Crippen molar-refractivity contribution in [2.75, 3.05) is 6.61 Å². The number of ether oxygens (including phenoxy) is 1. The summed E-state index contributed by atoms with van der Waals surface area (Å²) in [4.78, 5) is 4.22. The van der Waals surface area contributed by atoms with Crippen LogP contribution < -0.4 is 0 Å². The quantitative estimate of drug-likeness (QED) is 0.895. The molecule has 2 unspecified atom stereocenters. The molecule has 1 saturated heterocycles. The Hall–Kier alpha value is -0.640. The van der Waals surface area contributed by atoms with Gasteiger partial charge in [-0.1, -0.05) is 11.6 Å². The van der Waals surface area contributed by atoms with Gasteiger partial charge in [0.05, 0.1) is 16.3 Å². The normalized spacial score (nSPS) is 27.8. The second-order valence-electron chi connectivity index (χ2n) is 5.45. The molecule has 1 N–H and O–H groups in total. The highest BCUT2D eigenvalue weighted by Crippen LogP contribution is 2.47. The first-order valence-electron chi connectivity index (χ1n) is 6.63. The van der Waals surface area contributed by atoms with Crippen molar-refractivity contribution in [1.29, 1.82) is 0 Å². The van der Waals surface area contributed by atoms with Crippen LogP contribution in [0.25, 0.3) is 0 Å². The van der Waals surface area contributed by atoms with E-state index >= 15 is 0 Å². The van der Waals surface area contributed by atoms with Crippen LogP contribution in [0.4, 0.5) is 0 Å². The van der Waals surface area contributed by atoms with Crippen LogP contribution in [0.2, 0.25) is 5.02 Å². The highest BCUT2D eigenvalue weighted by atomic mass is 35.5. The first-order valence-corrected chi connectivity index (χ1v) is 7.00. The fraction of sp³-hybridized carbons (Fsp3) is 0.643. The van der Waals surface area contributed by atoms with E-state index in [9.17, 15) is 5.11 Å². The SMILES string of the molecule is OC(c1ncccc1Cl)C1CCOC2(CCC2)C1. The second-order valence-corrected chi connectivity index (χ2v) is 5.86. The molecule has 4 heteroatoms. The van der Waals surface area contributed by atoms with Crippen LogP contribution in [-0.4, -0.2) is 22.3 Å². The molecule has 1 spiro atoms. The number of rotatable bonds is 2. The largest absolute Gasteiger partial charge is 0.386 e. The minimum Gasteiger partial charge on any atom is -0.386 e. The maximum Gasteiger partial charge on any atom is 0.100 e. The molecular formula is C14H18ClNO2. The lowest BCUT2D eigenvalue weighted by Gasteiger charge is -2.48. The molecule has 1 aliphatic heterocycles. The lowest BCUT2D eigenvalue weighted by molar-refractivity contribution is -0.157. The Kier molecular flexibility index (Phi) is 3.31. The lowest BCUT2D eigenvalue weighted by Crippen LogP contribution is -2.46. The average molecular weight is 268 g/mol. The van der Waals surface area contributed by atoms with Crippen molar-refractivity contribution in [1.82, 2.24) is 4.98 Å². The summed E-state index contributed by atoms with van der Waals surface area (Å²) in [6.45, 7) is 0.742. The molecule has 0 aromatic carbocycles. The number of hydrogen-bond acceptors (Lipinski definition) is 3. The summed E-state index contributed by atoms with van der Waals surface area (Å²) in [7, 11) is 0. The molecule has 1 aliphatic carbocycles. The molecule has 18 heavy (non-hydrogen) atoms. The van der Waals surface area contributed by atoms with E-state index in [1.165, 1.54) is 6.42 Å². The number of pyridine rings is 1. The molecule has 98 valence electrons. The second kappa shape index (κ2) is 4.80.